The molecule has 0 spiro atoms. The van der Waals surface area contributed by atoms with Gasteiger partial charge in [-0.25, -0.2) is 4.79 Å². The van der Waals surface area contributed by atoms with Crippen molar-refractivity contribution in [2.75, 3.05) is 11.9 Å². The first-order chi connectivity index (χ1) is 12.6. The molecule has 1 amide bonds. The zero-order valence-corrected chi connectivity index (χ0v) is 16.9. The first kappa shape index (κ1) is 19.4. The molecule has 1 atom stereocenters. The van der Waals surface area contributed by atoms with Gasteiger partial charge < -0.3 is 10.1 Å². The average Bonchev–Trinajstić information content (AvgIpc) is 3.00. The summed E-state index contributed by atoms with van der Waals surface area (Å²) in [5, 5.41) is 3.83. The highest BCUT2D eigenvalue weighted by molar-refractivity contribution is 7.17. The lowest BCUT2D eigenvalue weighted by Crippen LogP contribution is -2.25. The van der Waals surface area contributed by atoms with Gasteiger partial charge in [-0.2, -0.15) is 0 Å². The van der Waals surface area contributed by atoms with E-state index in [4.69, 9.17) is 4.74 Å². The summed E-state index contributed by atoms with van der Waals surface area (Å²) in [5.74, 6) is 0.589. The van der Waals surface area contributed by atoms with Crippen molar-refractivity contribution in [3.8, 4) is 0 Å². The Balaban J connectivity index is 1.83. The molecule has 0 aromatic carbocycles. The summed E-state index contributed by atoms with van der Waals surface area (Å²) < 4.78 is 5.31. The van der Waals surface area contributed by atoms with E-state index in [1.807, 2.05) is 6.92 Å². The third-order valence-corrected chi connectivity index (χ3v) is 6.93. The second kappa shape index (κ2) is 9.03. The molecular weight excluding hydrogens is 346 g/mol. The van der Waals surface area contributed by atoms with E-state index in [1.54, 1.807) is 11.3 Å². The molecule has 4 nitrogen and oxygen atoms in total. The highest BCUT2D eigenvalue weighted by atomic mass is 32.1. The van der Waals surface area contributed by atoms with Gasteiger partial charge in [0.1, 0.15) is 5.00 Å². The number of hydrogen-bond donors (Lipinski definition) is 1. The van der Waals surface area contributed by atoms with Gasteiger partial charge in [-0.1, -0.05) is 39.0 Å². The third kappa shape index (κ3) is 4.30. The van der Waals surface area contributed by atoms with Gasteiger partial charge in [0.05, 0.1) is 12.2 Å². The lowest BCUT2D eigenvalue weighted by molar-refractivity contribution is -0.120. The van der Waals surface area contributed by atoms with Gasteiger partial charge in [-0.15, -0.1) is 11.3 Å². The maximum absolute atomic E-state index is 12.7. The maximum atomic E-state index is 12.7. The lowest BCUT2D eigenvalue weighted by atomic mass is 9.84. The number of rotatable bonds is 6. The standard InChI is InChI=1S/C21H31NO3S/c1-3-8-14-11-12-16-17(13-14)26-20(18(16)21(24)25-4-2)22-19(23)15-9-6-5-7-10-15/h14-15H,3-13H2,1-2H3,(H,22,23). The Morgan fingerprint density at radius 2 is 1.92 bits per heavy atom. The van der Waals surface area contributed by atoms with Crippen molar-refractivity contribution in [3.63, 3.8) is 0 Å². The molecule has 5 heteroatoms. The Hall–Kier alpha value is -1.36. The molecule has 1 N–H and O–H groups in total. The van der Waals surface area contributed by atoms with Crippen LogP contribution in [0.5, 0.6) is 0 Å². The van der Waals surface area contributed by atoms with Crippen LogP contribution in [-0.2, 0) is 22.4 Å². The van der Waals surface area contributed by atoms with Gasteiger partial charge in [0, 0.05) is 10.8 Å². The number of thiophene rings is 1. The van der Waals surface area contributed by atoms with Crippen LogP contribution in [0.25, 0.3) is 0 Å². The Bertz CT molecular complexity index is 646. The van der Waals surface area contributed by atoms with Gasteiger partial charge in [0.2, 0.25) is 5.91 Å². The topological polar surface area (TPSA) is 55.4 Å². The van der Waals surface area contributed by atoms with Crippen LogP contribution in [0.15, 0.2) is 0 Å². The quantitative estimate of drug-likeness (QED) is 0.680. The number of carbonyl (C=O) groups excluding carboxylic acids is 2. The highest BCUT2D eigenvalue weighted by Gasteiger charge is 2.31. The van der Waals surface area contributed by atoms with Crippen molar-refractivity contribution in [1.82, 2.24) is 0 Å². The van der Waals surface area contributed by atoms with Crippen molar-refractivity contribution in [1.29, 1.82) is 0 Å². The number of fused-ring (bicyclic) bond motifs is 1. The van der Waals surface area contributed by atoms with E-state index in [-0.39, 0.29) is 17.8 Å². The fourth-order valence-corrected chi connectivity index (χ4v) is 5.75. The van der Waals surface area contributed by atoms with E-state index in [1.165, 1.54) is 24.1 Å². The van der Waals surface area contributed by atoms with E-state index in [2.05, 4.69) is 12.2 Å². The maximum Gasteiger partial charge on any atom is 0.341 e. The Kier molecular flexibility index (Phi) is 6.74. The molecule has 2 aliphatic rings. The molecule has 3 rings (SSSR count). The summed E-state index contributed by atoms with van der Waals surface area (Å²) >= 11 is 1.61. The fourth-order valence-electron chi connectivity index (χ4n) is 4.39. The van der Waals surface area contributed by atoms with Crippen LogP contribution in [-0.4, -0.2) is 18.5 Å². The molecule has 144 valence electrons. The summed E-state index contributed by atoms with van der Waals surface area (Å²) in [6, 6.07) is 0. The van der Waals surface area contributed by atoms with Gasteiger partial charge >= 0.3 is 5.97 Å². The van der Waals surface area contributed by atoms with Crippen LogP contribution in [0, 0.1) is 11.8 Å². The Morgan fingerprint density at radius 1 is 1.15 bits per heavy atom. The number of ether oxygens (including phenoxy) is 1. The fraction of sp³-hybridized carbons (Fsp3) is 0.714. The van der Waals surface area contributed by atoms with Crippen LogP contribution in [0.3, 0.4) is 0 Å². The Labute approximate surface area is 160 Å². The number of nitrogens with one attached hydrogen (secondary N) is 1. The molecule has 1 aromatic rings. The summed E-state index contributed by atoms with van der Waals surface area (Å²) in [5.41, 5.74) is 1.76. The average molecular weight is 378 g/mol. The van der Waals surface area contributed by atoms with Gasteiger partial charge in [-0.05, 0) is 50.5 Å². The van der Waals surface area contributed by atoms with Crippen molar-refractivity contribution in [2.24, 2.45) is 11.8 Å². The smallest absolute Gasteiger partial charge is 0.341 e. The predicted molar refractivity (Wildman–Crippen MR) is 106 cm³/mol. The predicted octanol–water partition coefficient (Wildman–Crippen LogP) is 5.35. The van der Waals surface area contributed by atoms with E-state index < -0.39 is 0 Å². The van der Waals surface area contributed by atoms with E-state index >= 15 is 0 Å². The molecule has 0 radical (unpaired) electrons. The largest absolute Gasteiger partial charge is 0.462 e. The van der Waals surface area contributed by atoms with Gasteiger partial charge in [-0.3, -0.25) is 4.79 Å². The van der Waals surface area contributed by atoms with Crippen LogP contribution in [0.2, 0.25) is 0 Å². The number of carbonyl (C=O) groups is 2. The van der Waals surface area contributed by atoms with Crippen molar-refractivity contribution >= 4 is 28.2 Å². The minimum absolute atomic E-state index is 0.0824. The molecule has 1 unspecified atom stereocenters. The van der Waals surface area contributed by atoms with E-state index in [0.29, 0.717) is 18.1 Å². The van der Waals surface area contributed by atoms with Gasteiger partial charge in [0.15, 0.2) is 0 Å². The van der Waals surface area contributed by atoms with Crippen LogP contribution >= 0.6 is 11.3 Å². The highest BCUT2D eigenvalue weighted by Crippen LogP contribution is 2.41. The summed E-state index contributed by atoms with van der Waals surface area (Å²) in [4.78, 5) is 26.6. The first-order valence-electron chi connectivity index (χ1n) is 10.3. The summed E-state index contributed by atoms with van der Waals surface area (Å²) in [7, 11) is 0. The summed E-state index contributed by atoms with van der Waals surface area (Å²) in [6.45, 7) is 4.41. The summed E-state index contributed by atoms with van der Waals surface area (Å²) in [6.07, 6.45) is 10.9. The van der Waals surface area contributed by atoms with E-state index in [0.717, 1.165) is 55.5 Å². The molecule has 1 heterocycles. The van der Waals surface area contributed by atoms with Crippen molar-refractivity contribution in [2.45, 2.75) is 78.1 Å². The molecule has 0 bridgehead atoms. The van der Waals surface area contributed by atoms with Gasteiger partial charge in [0.25, 0.3) is 0 Å². The minimum atomic E-state index is -0.280. The SMILES string of the molecule is CCCC1CCc2c(sc(NC(=O)C3CCCCC3)c2C(=O)OCC)C1. The lowest BCUT2D eigenvalue weighted by Gasteiger charge is -2.22. The zero-order chi connectivity index (χ0) is 18.5. The molecular formula is C21H31NO3S. The zero-order valence-electron chi connectivity index (χ0n) is 16.1. The van der Waals surface area contributed by atoms with Crippen molar-refractivity contribution in [3.05, 3.63) is 16.0 Å². The number of esters is 1. The second-order valence-electron chi connectivity index (χ2n) is 7.65. The Morgan fingerprint density at radius 3 is 2.62 bits per heavy atom. The minimum Gasteiger partial charge on any atom is -0.462 e. The molecule has 1 saturated carbocycles. The monoisotopic (exact) mass is 377 g/mol. The molecule has 1 aromatic heterocycles. The molecule has 26 heavy (non-hydrogen) atoms. The number of anilines is 1. The second-order valence-corrected chi connectivity index (χ2v) is 8.76. The molecule has 1 fully saturated rings. The first-order valence-corrected chi connectivity index (χ1v) is 11.1. The number of amides is 1. The third-order valence-electron chi connectivity index (χ3n) is 5.76. The molecule has 0 aliphatic heterocycles. The van der Waals surface area contributed by atoms with Crippen molar-refractivity contribution < 1.29 is 14.3 Å². The van der Waals surface area contributed by atoms with Crippen LogP contribution in [0.4, 0.5) is 5.00 Å². The normalized spacial score (nSPS) is 20.5. The van der Waals surface area contributed by atoms with Crippen LogP contribution in [0.1, 0.15) is 86.0 Å². The van der Waals surface area contributed by atoms with Crippen LogP contribution < -0.4 is 5.32 Å². The molecule has 2 aliphatic carbocycles. The number of hydrogen-bond acceptors (Lipinski definition) is 4. The van der Waals surface area contributed by atoms with E-state index in [9.17, 15) is 9.59 Å². The molecule has 0 saturated heterocycles.